The Hall–Kier alpha value is -0.870. The summed E-state index contributed by atoms with van der Waals surface area (Å²) in [5.41, 5.74) is 8.19. The van der Waals surface area contributed by atoms with E-state index in [0.717, 1.165) is 28.7 Å². The Labute approximate surface area is 123 Å². The topological polar surface area (TPSA) is 43.8 Å². The van der Waals surface area contributed by atoms with Crippen LogP contribution in [0, 0.1) is 0 Å². The van der Waals surface area contributed by atoms with Gasteiger partial charge in [0.15, 0.2) is 0 Å². The number of nitrogens with two attached hydrogens (primary N) is 1. The summed E-state index contributed by atoms with van der Waals surface area (Å²) in [5.74, 6) is 1.48. The predicted octanol–water partition coefficient (Wildman–Crippen LogP) is 4.22. The fourth-order valence-corrected chi connectivity index (χ4v) is 2.97. The Bertz CT molecular complexity index is 560. The number of halogens is 1. The summed E-state index contributed by atoms with van der Waals surface area (Å²) in [7, 11) is 0. The molecule has 0 radical (unpaired) electrons. The van der Waals surface area contributed by atoms with E-state index in [1.807, 2.05) is 0 Å². The summed E-state index contributed by atoms with van der Waals surface area (Å²) in [6, 6.07) is 6.68. The molecule has 2 N–H and O–H groups in total. The SMILES string of the molecule is CCCC(CN)c1nc2cc(Br)ccc2n1C(C)C. The average Bonchev–Trinajstić information content (AvgIpc) is 2.73. The molecule has 1 atom stereocenters. The molecule has 0 aliphatic carbocycles. The van der Waals surface area contributed by atoms with Crippen molar-refractivity contribution in [3.8, 4) is 0 Å². The largest absolute Gasteiger partial charge is 0.330 e. The second-order valence-electron chi connectivity index (χ2n) is 5.29. The fourth-order valence-electron chi connectivity index (χ4n) is 2.62. The minimum Gasteiger partial charge on any atom is -0.330 e. The number of hydrogen-bond acceptors (Lipinski definition) is 2. The van der Waals surface area contributed by atoms with Crippen LogP contribution in [-0.4, -0.2) is 16.1 Å². The lowest BCUT2D eigenvalue weighted by Crippen LogP contribution is -2.18. The normalized spacial score (nSPS) is 13.4. The molecule has 0 spiro atoms. The van der Waals surface area contributed by atoms with Crippen molar-refractivity contribution in [3.05, 3.63) is 28.5 Å². The highest BCUT2D eigenvalue weighted by Crippen LogP contribution is 2.29. The van der Waals surface area contributed by atoms with E-state index in [4.69, 9.17) is 10.7 Å². The van der Waals surface area contributed by atoms with E-state index in [1.54, 1.807) is 0 Å². The molecule has 1 heterocycles. The molecule has 1 aromatic carbocycles. The molecule has 0 bridgehead atoms. The first-order chi connectivity index (χ1) is 9.08. The Balaban J connectivity index is 2.61. The van der Waals surface area contributed by atoms with Gasteiger partial charge < -0.3 is 10.3 Å². The Kier molecular flexibility index (Phi) is 4.63. The van der Waals surface area contributed by atoms with E-state index in [-0.39, 0.29) is 0 Å². The van der Waals surface area contributed by atoms with Crippen molar-refractivity contribution in [2.24, 2.45) is 5.73 Å². The minimum atomic E-state index is 0.346. The van der Waals surface area contributed by atoms with Crippen LogP contribution in [0.1, 0.15) is 51.4 Å². The molecule has 1 aromatic heterocycles. The number of imidazole rings is 1. The molecule has 0 amide bonds. The van der Waals surface area contributed by atoms with Gasteiger partial charge in [-0.3, -0.25) is 0 Å². The van der Waals surface area contributed by atoms with E-state index in [1.165, 1.54) is 5.52 Å². The van der Waals surface area contributed by atoms with Crippen LogP contribution in [0.5, 0.6) is 0 Å². The first-order valence-electron chi connectivity index (χ1n) is 6.95. The molecule has 0 aliphatic heterocycles. The highest BCUT2D eigenvalue weighted by Gasteiger charge is 2.20. The minimum absolute atomic E-state index is 0.346. The van der Waals surface area contributed by atoms with Crippen LogP contribution in [0.3, 0.4) is 0 Å². The molecule has 0 aliphatic rings. The maximum atomic E-state index is 5.95. The lowest BCUT2D eigenvalue weighted by molar-refractivity contribution is 0.515. The molecular weight excluding hydrogens is 302 g/mol. The van der Waals surface area contributed by atoms with Crippen molar-refractivity contribution in [1.82, 2.24) is 9.55 Å². The molecule has 104 valence electrons. The van der Waals surface area contributed by atoms with Crippen LogP contribution in [0.2, 0.25) is 0 Å². The first-order valence-corrected chi connectivity index (χ1v) is 7.75. The summed E-state index contributed by atoms with van der Waals surface area (Å²) in [5, 5.41) is 0. The van der Waals surface area contributed by atoms with Gasteiger partial charge in [-0.05, 0) is 38.5 Å². The van der Waals surface area contributed by atoms with Crippen molar-refractivity contribution >= 4 is 27.0 Å². The van der Waals surface area contributed by atoms with Gasteiger partial charge in [-0.25, -0.2) is 4.98 Å². The van der Waals surface area contributed by atoms with Gasteiger partial charge in [0.2, 0.25) is 0 Å². The monoisotopic (exact) mass is 323 g/mol. The third-order valence-corrected chi connectivity index (χ3v) is 3.98. The van der Waals surface area contributed by atoms with E-state index >= 15 is 0 Å². The summed E-state index contributed by atoms with van der Waals surface area (Å²) in [6.45, 7) is 7.26. The standard InChI is InChI=1S/C15H22BrN3/c1-4-5-11(9-17)15-18-13-8-12(16)6-7-14(13)19(15)10(2)3/h6-8,10-11H,4-5,9,17H2,1-3H3. The van der Waals surface area contributed by atoms with Crippen LogP contribution < -0.4 is 5.73 Å². The van der Waals surface area contributed by atoms with Gasteiger partial charge >= 0.3 is 0 Å². The van der Waals surface area contributed by atoms with Crippen molar-refractivity contribution in [1.29, 1.82) is 0 Å². The number of benzene rings is 1. The van der Waals surface area contributed by atoms with Gasteiger partial charge in [-0.1, -0.05) is 29.3 Å². The van der Waals surface area contributed by atoms with Gasteiger partial charge in [0.25, 0.3) is 0 Å². The van der Waals surface area contributed by atoms with E-state index in [0.29, 0.717) is 18.5 Å². The Morgan fingerprint density at radius 1 is 1.37 bits per heavy atom. The van der Waals surface area contributed by atoms with Crippen LogP contribution in [0.15, 0.2) is 22.7 Å². The molecule has 0 saturated heterocycles. The number of rotatable bonds is 5. The molecule has 0 fully saturated rings. The van der Waals surface area contributed by atoms with Crippen molar-refractivity contribution in [3.63, 3.8) is 0 Å². The second-order valence-corrected chi connectivity index (χ2v) is 6.20. The zero-order valence-electron chi connectivity index (χ0n) is 11.9. The van der Waals surface area contributed by atoms with Crippen molar-refractivity contribution < 1.29 is 0 Å². The highest BCUT2D eigenvalue weighted by atomic mass is 79.9. The molecule has 4 heteroatoms. The van der Waals surface area contributed by atoms with Crippen LogP contribution in [0.4, 0.5) is 0 Å². The fraction of sp³-hybridized carbons (Fsp3) is 0.533. The Morgan fingerprint density at radius 2 is 2.11 bits per heavy atom. The summed E-state index contributed by atoms with van der Waals surface area (Å²) >= 11 is 3.51. The van der Waals surface area contributed by atoms with Crippen molar-refractivity contribution in [2.75, 3.05) is 6.54 Å². The third-order valence-electron chi connectivity index (χ3n) is 3.48. The van der Waals surface area contributed by atoms with E-state index in [9.17, 15) is 0 Å². The van der Waals surface area contributed by atoms with Crippen molar-refractivity contribution in [2.45, 2.75) is 45.6 Å². The Morgan fingerprint density at radius 3 is 2.68 bits per heavy atom. The molecular formula is C15H22BrN3. The molecule has 3 nitrogen and oxygen atoms in total. The quantitative estimate of drug-likeness (QED) is 0.895. The molecule has 1 unspecified atom stereocenters. The summed E-state index contributed by atoms with van der Waals surface area (Å²) < 4.78 is 3.40. The predicted molar refractivity (Wildman–Crippen MR) is 84.5 cm³/mol. The summed E-state index contributed by atoms with van der Waals surface area (Å²) in [6.07, 6.45) is 2.22. The number of nitrogens with zero attached hydrogens (tertiary/aromatic N) is 2. The van der Waals surface area contributed by atoms with Crippen LogP contribution in [0.25, 0.3) is 11.0 Å². The molecule has 2 aromatic rings. The maximum absolute atomic E-state index is 5.95. The zero-order chi connectivity index (χ0) is 14.0. The lowest BCUT2D eigenvalue weighted by Gasteiger charge is -2.19. The first kappa shape index (κ1) is 14.5. The lowest BCUT2D eigenvalue weighted by atomic mass is 10.0. The van der Waals surface area contributed by atoms with Gasteiger partial charge in [-0.2, -0.15) is 0 Å². The third kappa shape index (κ3) is 2.84. The average molecular weight is 324 g/mol. The van der Waals surface area contributed by atoms with Crippen LogP contribution in [-0.2, 0) is 0 Å². The molecule has 19 heavy (non-hydrogen) atoms. The number of fused-ring (bicyclic) bond motifs is 1. The van der Waals surface area contributed by atoms with Gasteiger partial charge in [0.1, 0.15) is 5.82 Å². The summed E-state index contributed by atoms with van der Waals surface area (Å²) in [4.78, 5) is 4.84. The maximum Gasteiger partial charge on any atom is 0.114 e. The van der Waals surface area contributed by atoms with Gasteiger partial charge in [-0.15, -0.1) is 0 Å². The molecule has 0 saturated carbocycles. The zero-order valence-corrected chi connectivity index (χ0v) is 13.4. The molecule has 2 rings (SSSR count). The highest BCUT2D eigenvalue weighted by molar-refractivity contribution is 9.10. The van der Waals surface area contributed by atoms with Crippen LogP contribution >= 0.6 is 15.9 Å². The van der Waals surface area contributed by atoms with Gasteiger partial charge in [0.05, 0.1) is 11.0 Å². The van der Waals surface area contributed by atoms with E-state index in [2.05, 4.69) is 59.5 Å². The smallest absolute Gasteiger partial charge is 0.114 e. The van der Waals surface area contributed by atoms with E-state index < -0.39 is 0 Å². The number of hydrogen-bond donors (Lipinski definition) is 1. The second kappa shape index (κ2) is 6.06. The number of aromatic nitrogens is 2. The van der Waals surface area contributed by atoms with Gasteiger partial charge in [0, 0.05) is 23.0 Å².